The standard InChI is InChI=1S/C15H25N/c1-5-6-7-8-10-15(3,4)14-12-16-11-9-13(14)2/h9,11-12H,5-8,10H2,1-4H3. The molecule has 0 spiro atoms. The fourth-order valence-corrected chi connectivity index (χ4v) is 2.30. The Morgan fingerprint density at radius 3 is 2.56 bits per heavy atom. The first-order chi connectivity index (χ1) is 7.58. The van der Waals surface area contributed by atoms with Gasteiger partial charge in [0, 0.05) is 12.4 Å². The van der Waals surface area contributed by atoms with Crippen molar-refractivity contribution in [1.29, 1.82) is 0 Å². The lowest BCUT2D eigenvalue weighted by Gasteiger charge is -2.26. The number of nitrogens with zero attached hydrogens (tertiary/aromatic N) is 1. The zero-order valence-electron chi connectivity index (χ0n) is 11.2. The first-order valence-corrected chi connectivity index (χ1v) is 6.49. The third-order valence-corrected chi connectivity index (χ3v) is 3.42. The molecule has 0 aromatic carbocycles. The fourth-order valence-electron chi connectivity index (χ4n) is 2.30. The van der Waals surface area contributed by atoms with E-state index in [1.54, 1.807) is 0 Å². The Kier molecular flexibility index (Phi) is 4.98. The second kappa shape index (κ2) is 6.03. The molecular weight excluding hydrogens is 194 g/mol. The van der Waals surface area contributed by atoms with Gasteiger partial charge in [-0.05, 0) is 36.0 Å². The summed E-state index contributed by atoms with van der Waals surface area (Å²) in [5, 5.41) is 0. The van der Waals surface area contributed by atoms with E-state index in [0.29, 0.717) is 0 Å². The molecule has 0 fully saturated rings. The molecule has 1 aromatic rings. The van der Waals surface area contributed by atoms with Crippen molar-refractivity contribution >= 4 is 0 Å². The highest BCUT2D eigenvalue weighted by Gasteiger charge is 2.21. The molecule has 1 nitrogen and oxygen atoms in total. The number of aryl methyl sites for hydroxylation is 1. The van der Waals surface area contributed by atoms with Gasteiger partial charge in [-0.15, -0.1) is 0 Å². The third-order valence-electron chi connectivity index (χ3n) is 3.42. The Labute approximate surface area is 100 Å². The number of aromatic nitrogens is 1. The van der Waals surface area contributed by atoms with E-state index >= 15 is 0 Å². The number of hydrogen-bond acceptors (Lipinski definition) is 1. The van der Waals surface area contributed by atoms with Crippen molar-refractivity contribution in [2.45, 2.75) is 65.2 Å². The highest BCUT2D eigenvalue weighted by molar-refractivity contribution is 5.28. The SMILES string of the molecule is CCCCCCC(C)(C)c1cnccc1C. The molecule has 1 heterocycles. The van der Waals surface area contributed by atoms with Crippen LogP contribution < -0.4 is 0 Å². The molecule has 0 saturated heterocycles. The molecule has 0 atom stereocenters. The van der Waals surface area contributed by atoms with E-state index in [9.17, 15) is 0 Å². The average Bonchev–Trinajstić information content (AvgIpc) is 2.25. The summed E-state index contributed by atoms with van der Waals surface area (Å²) in [6.45, 7) is 9.12. The lowest BCUT2D eigenvalue weighted by molar-refractivity contribution is 0.443. The summed E-state index contributed by atoms with van der Waals surface area (Å²) in [7, 11) is 0. The Bertz CT molecular complexity index is 315. The number of pyridine rings is 1. The van der Waals surface area contributed by atoms with Gasteiger partial charge in [-0.3, -0.25) is 4.98 Å². The van der Waals surface area contributed by atoms with Crippen molar-refractivity contribution in [3.63, 3.8) is 0 Å². The Balaban J connectivity index is 2.59. The molecule has 0 unspecified atom stereocenters. The van der Waals surface area contributed by atoms with Crippen LogP contribution in [0.25, 0.3) is 0 Å². The minimum absolute atomic E-state index is 0.270. The van der Waals surface area contributed by atoms with Crippen molar-refractivity contribution in [2.75, 3.05) is 0 Å². The molecule has 0 bridgehead atoms. The van der Waals surface area contributed by atoms with Crippen LogP contribution in [0.4, 0.5) is 0 Å². The van der Waals surface area contributed by atoms with Gasteiger partial charge in [-0.2, -0.15) is 0 Å². The highest BCUT2D eigenvalue weighted by Crippen LogP contribution is 2.30. The average molecular weight is 219 g/mol. The van der Waals surface area contributed by atoms with Crippen LogP contribution >= 0.6 is 0 Å². The lowest BCUT2D eigenvalue weighted by atomic mass is 9.79. The van der Waals surface area contributed by atoms with Gasteiger partial charge in [0.15, 0.2) is 0 Å². The Hall–Kier alpha value is -0.850. The molecule has 1 aromatic heterocycles. The molecule has 90 valence electrons. The quantitative estimate of drug-likeness (QED) is 0.635. The zero-order chi connectivity index (χ0) is 12.0. The van der Waals surface area contributed by atoms with Crippen LogP contribution in [0.2, 0.25) is 0 Å². The molecular formula is C15H25N. The van der Waals surface area contributed by atoms with E-state index in [1.165, 1.54) is 43.2 Å². The smallest absolute Gasteiger partial charge is 0.0307 e. The first kappa shape index (κ1) is 13.2. The Morgan fingerprint density at radius 1 is 1.19 bits per heavy atom. The Morgan fingerprint density at radius 2 is 1.94 bits per heavy atom. The van der Waals surface area contributed by atoms with Crippen LogP contribution in [0.1, 0.15) is 64.0 Å². The molecule has 0 aliphatic rings. The molecule has 16 heavy (non-hydrogen) atoms. The minimum atomic E-state index is 0.270. The summed E-state index contributed by atoms with van der Waals surface area (Å²) in [4.78, 5) is 4.26. The topological polar surface area (TPSA) is 12.9 Å². The number of unbranched alkanes of at least 4 members (excludes halogenated alkanes) is 3. The summed E-state index contributed by atoms with van der Waals surface area (Å²) in [6, 6.07) is 2.11. The molecule has 1 heteroatoms. The monoisotopic (exact) mass is 219 g/mol. The summed E-state index contributed by atoms with van der Waals surface area (Å²) >= 11 is 0. The summed E-state index contributed by atoms with van der Waals surface area (Å²) in [6.07, 6.45) is 10.5. The van der Waals surface area contributed by atoms with Crippen LogP contribution in [-0.2, 0) is 5.41 Å². The van der Waals surface area contributed by atoms with Gasteiger partial charge in [0.25, 0.3) is 0 Å². The van der Waals surface area contributed by atoms with Gasteiger partial charge < -0.3 is 0 Å². The van der Waals surface area contributed by atoms with Crippen LogP contribution in [0.5, 0.6) is 0 Å². The van der Waals surface area contributed by atoms with Crippen LogP contribution in [0.3, 0.4) is 0 Å². The second-order valence-electron chi connectivity index (χ2n) is 5.39. The summed E-state index contributed by atoms with van der Waals surface area (Å²) < 4.78 is 0. The van der Waals surface area contributed by atoms with Crippen molar-refractivity contribution in [3.05, 3.63) is 29.6 Å². The maximum absolute atomic E-state index is 4.26. The van der Waals surface area contributed by atoms with Crippen molar-refractivity contribution in [2.24, 2.45) is 0 Å². The van der Waals surface area contributed by atoms with Crippen molar-refractivity contribution in [3.8, 4) is 0 Å². The van der Waals surface area contributed by atoms with E-state index in [0.717, 1.165) is 0 Å². The molecule has 1 rings (SSSR count). The number of rotatable bonds is 6. The third kappa shape index (κ3) is 3.62. The van der Waals surface area contributed by atoms with Crippen LogP contribution in [0, 0.1) is 6.92 Å². The highest BCUT2D eigenvalue weighted by atomic mass is 14.6. The van der Waals surface area contributed by atoms with Gasteiger partial charge in [-0.25, -0.2) is 0 Å². The second-order valence-corrected chi connectivity index (χ2v) is 5.39. The predicted octanol–water partition coefficient (Wildman–Crippen LogP) is 4.64. The largest absolute Gasteiger partial charge is 0.264 e. The van der Waals surface area contributed by atoms with Gasteiger partial charge in [0.2, 0.25) is 0 Å². The van der Waals surface area contributed by atoms with E-state index < -0.39 is 0 Å². The van der Waals surface area contributed by atoms with Crippen LogP contribution in [0.15, 0.2) is 18.5 Å². The molecule has 0 radical (unpaired) electrons. The molecule has 0 saturated carbocycles. The zero-order valence-corrected chi connectivity index (χ0v) is 11.2. The maximum Gasteiger partial charge on any atom is 0.0307 e. The molecule has 0 aliphatic carbocycles. The van der Waals surface area contributed by atoms with Gasteiger partial charge in [0.05, 0.1) is 0 Å². The van der Waals surface area contributed by atoms with E-state index in [-0.39, 0.29) is 5.41 Å². The van der Waals surface area contributed by atoms with Crippen LogP contribution in [-0.4, -0.2) is 4.98 Å². The first-order valence-electron chi connectivity index (χ1n) is 6.49. The molecule has 0 aliphatic heterocycles. The summed E-state index contributed by atoms with van der Waals surface area (Å²) in [5.74, 6) is 0. The maximum atomic E-state index is 4.26. The van der Waals surface area contributed by atoms with Gasteiger partial charge in [-0.1, -0.05) is 46.5 Å². The van der Waals surface area contributed by atoms with Crippen molar-refractivity contribution < 1.29 is 0 Å². The van der Waals surface area contributed by atoms with E-state index in [2.05, 4.69) is 38.7 Å². The van der Waals surface area contributed by atoms with E-state index in [4.69, 9.17) is 0 Å². The molecule has 0 N–H and O–H groups in total. The van der Waals surface area contributed by atoms with Gasteiger partial charge >= 0.3 is 0 Å². The fraction of sp³-hybridized carbons (Fsp3) is 0.667. The minimum Gasteiger partial charge on any atom is -0.264 e. The lowest BCUT2D eigenvalue weighted by Crippen LogP contribution is -2.18. The number of hydrogen-bond donors (Lipinski definition) is 0. The normalized spacial score (nSPS) is 11.8. The van der Waals surface area contributed by atoms with Crippen molar-refractivity contribution in [1.82, 2.24) is 4.98 Å². The summed E-state index contributed by atoms with van der Waals surface area (Å²) in [5.41, 5.74) is 3.05. The molecule has 0 amide bonds. The van der Waals surface area contributed by atoms with E-state index in [1.807, 2.05) is 12.4 Å². The van der Waals surface area contributed by atoms with Gasteiger partial charge in [0.1, 0.15) is 0 Å². The predicted molar refractivity (Wildman–Crippen MR) is 70.8 cm³/mol.